The highest BCUT2D eigenvalue weighted by molar-refractivity contribution is 7.72. The zero-order chi connectivity index (χ0) is 9.84. The van der Waals surface area contributed by atoms with Crippen molar-refractivity contribution in [2.45, 2.75) is 11.5 Å². The fourth-order valence-electron chi connectivity index (χ4n) is 0.696. The van der Waals surface area contributed by atoms with E-state index in [1.165, 1.54) is 12.3 Å². The van der Waals surface area contributed by atoms with Crippen molar-refractivity contribution in [1.82, 2.24) is 4.98 Å². The quantitative estimate of drug-likeness (QED) is 0.743. The Kier molecular flexibility index (Phi) is 3.13. The third kappa shape index (κ3) is 2.62. The van der Waals surface area contributed by atoms with Crippen LogP contribution in [-0.4, -0.2) is 20.0 Å². The number of pyridine rings is 1. The van der Waals surface area contributed by atoms with Gasteiger partial charge in [-0.05, 0) is 12.1 Å². The van der Waals surface area contributed by atoms with E-state index in [1.807, 2.05) is 0 Å². The van der Waals surface area contributed by atoms with Gasteiger partial charge >= 0.3 is 6.61 Å². The Morgan fingerprint density at radius 1 is 1.46 bits per heavy atom. The molecule has 1 aromatic rings. The summed E-state index contributed by atoms with van der Waals surface area (Å²) in [7, 11) is -2.97. The summed E-state index contributed by atoms with van der Waals surface area (Å²) in [6.45, 7) is -3.08. The molecule has 0 radical (unpaired) electrons. The fourth-order valence-corrected chi connectivity index (χ4v) is 1.17. The molecular formula is C6H5F2NO3S. The third-order valence-electron chi connectivity index (χ3n) is 1.15. The van der Waals surface area contributed by atoms with Crippen molar-refractivity contribution in [2.75, 3.05) is 0 Å². The lowest BCUT2D eigenvalue weighted by Gasteiger charge is -2.03. The highest BCUT2D eigenvalue weighted by atomic mass is 32.2. The lowest BCUT2D eigenvalue weighted by atomic mass is 10.5. The topological polar surface area (TPSA) is 56.3 Å². The molecule has 13 heavy (non-hydrogen) atoms. The van der Waals surface area contributed by atoms with Crippen LogP contribution >= 0.6 is 0 Å². The van der Waals surface area contributed by atoms with Gasteiger partial charge in [0.25, 0.3) is 0 Å². The van der Waals surface area contributed by atoms with Crippen molar-refractivity contribution < 1.29 is 21.9 Å². The first-order chi connectivity index (χ1) is 6.11. The Balaban J connectivity index is 3.05. The van der Waals surface area contributed by atoms with Crippen molar-refractivity contribution in [3.8, 4) is 5.88 Å². The molecule has 1 aromatic heterocycles. The van der Waals surface area contributed by atoms with Gasteiger partial charge in [-0.25, -0.2) is 13.4 Å². The van der Waals surface area contributed by atoms with Crippen LogP contribution in [0.2, 0.25) is 0 Å². The van der Waals surface area contributed by atoms with E-state index < -0.39 is 23.2 Å². The van der Waals surface area contributed by atoms with Gasteiger partial charge in [-0.3, -0.25) is 0 Å². The van der Waals surface area contributed by atoms with E-state index in [1.54, 1.807) is 0 Å². The molecule has 0 aromatic carbocycles. The molecule has 4 nitrogen and oxygen atoms in total. The van der Waals surface area contributed by atoms with Gasteiger partial charge in [0.2, 0.25) is 5.88 Å². The standard InChI is InChI=1S/C6H5F2NO3S/c7-6(8)12-5-4(13(10)11)2-1-3-9-5/h1-3,6,13H. The molecule has 0 aliphatic rings. The molecule has 0 fully saturated rings. The number of hydrogen-bond donors (Lipinski definition) is 1. The largest absolute Gasteiger partial charge is 0.415 e. The summed E-state index contributed by atoms with van der Waals surface area (Å²) in [5.74, 6) is -0.575. The Hall–Kier alpha value is -1.24. The lowest BCUT2D eigenvalue weighted by molar-refractivity contribution is -0.0548. The lowest BCUT2D eigenvalue weighted by Crippen LogP contribution is -2.05. The van der Waals surface area contributed by atoms with Crippen molar-refractivity contribution in [2.24, 2.45) is 0 Å². The average Bonchev–Trinajstić information content (AvgIpc) is 2.03. The molecule has 0 unspecified atom stereocenters. The maximum absolute atomic E-state index is 11.7. The Bertz CT molecular complexity index is 359. The van der Waals surface area contributed by atoms with Gasteiger partial charge in [-0.15, -0.1) is 0 Å². The zero-order valence-electron chi connectivity index (χ0n) is 6.18. The van der Waals surface area contributed by atoms with E-state index >= 15 is 0 Å². The molecule has 0 aliphatic carbocycles. The summed E-state index contributed by atoms with van der Waals surface area (Å²) < 4.78 is 48.2. The van der Waals surface area contributed by atoms with Crippen LogP contribution in [0.5, 0.6) is 5.88 Å². The van der Waals surface area contributed by atoms with Gasteiger partial charge in [0, 0.05) is 6.20 Å². The Morgan fingerprint density at radius 2 is 2.15 bits per heavy atom. The van der Waals surface area contributed by atoms with Crippen molar-refractivity contribution in [3.63, 3.8) is 0 Å². The molecule has 0 spiro atoms. The van der Waals surface area contributed by atoms with Gasteiger partial charge in [-0.2, -0.15) is 8.78 Å². The Morgan fingerprint density at radius 3 is 2.69 bits per heavy atom. The predicted octanol–water partition coefficient (Wildman–Crippen LogP) is 0.653. The minimum absolute atomic E-state index is 0.349. The molecule has 1 heterocycles. The van der Waals surface area contributed by atoms with Gasteiger partial charge in [0.15, 0.2) is 10.7 Å². The van der Waals surface area contributed by atoms with Crippen LogP contribution in [0.25, 0.3) is 0 Å². The summed E-state index contributed by atoms with van der Waals surface area (Å²) >= 11 is 0. The molecule has 0 saturated carbocycles. The monoisotopic (exact) mass is 209 g/mol. The number of aromatic nitrogens is 1. The van der Waals surface area contributed by atoms with E-state index in [-0.39, 0.29) is 4.90 Å². The van der Waals surface area contributed by atoms with Crippen LogP contribution in [0, 0.1) is 0 Å². The second-order valence-corrected chi connectivity index (χ2v) is 2.96. The SMILES string of the molecule is O=[SH](=O)c1cccnc1OC(F)F. The first-order valence-electron chi connectivity index (χ1n) is 3.15. The third-order valence-corrected chi connectivity index (χ3v) is 1.88. The van der Waals surface area contributed by atoms with E-state index in [0.717, 1.165) is 6.07 Å². The molecule has 7 heteroatoms. The smallest absolute Gasteiger partial charge is 0.388 e. The number of alkyl halides is 2. The van der Waals surface area contributed by atoms with E-state index in [9.17, 15) is 17.2 Å². The molecule has 0 aliphatic heterocycles. The summed E-state index contributed by atoms with van der Waals surface area (Å²) in [5, 5.41) is 0. The van der Waals surface area contributed by atoms with Crippen LogP contribution in [0.4, 0.5) is 8.78 Å². The number of thiol groups is 1. The summed E-state index contributed by atoms with van der Waals surface area (Å²) in [4.78, 5) is 3.00. The molecule has 1 rings (SSSR count). The molecule has 0 atom stereocenters. The van der Waals surface area contributed by atoms with Gasteiger partial charge in [0.05, 0.1) is 0 Å². The average molecular weight is 209 g/mol. The number of rotatable bonds is 3. The molecule has 72 valence electrons. The Labute approximate surface area is 74.1 Å². The highest BCUT2D eigenvalue weighted by Crippen LogP contribution is 2.17. The maximum Gasteiger partial charge on any atom is 0.388 e. The molecule has 0 bridgehead atoms. The highest BCUT2D eigenvalue weighted by Gasteiger charge is 2.11. The fraction of sp³-hybridized carbons (Fsp3) is 0.167. The predicted molar refractivity (Wildman–Crippen MR) is 39.4 cm³/mol. The molecule has 0 amide bonds. The molecular weight excluding hydrogens is 204 g/mol. The normalized spacial score (nSPS) is 10.8. The summed E-state index contributed by atoms with van der Waals surface area (Å²) in [6, 6.07) is 2.45. The van der Waals surface area contributed by atoms with Crippen LogP contribution in [-0.2, 0) is 10.7 Å². The van der Waals surface area contributed by atoms with E-state index in [0.29, 0.717) is 0 Å². The second-order valence-electron chi connectivity index (χ2n) is 1.96. The van der Waals surface area contributed by atoms with Crippen LogP contribution in [0.15, 0.2) is 23.2 Å². The van der Waals surface area contributed by atoms with E-state index in [2.05, 4.69) is 9.72 Å². The van der Waals surface area contributed by atoms with Crippen LogP contribution in [0.3, 0.4) is 0 Å². The van der Waals surface area contributed by atoms with Crippen LogP contribution < -0.4 is 4.74 Å². The van der Waals surface area contributed by atoms with Gasteiger partial charge in [-0.1, -0.05) is 0 Å². The summed E-state index contributed by atoms with van der Waals surface area (Å²) in [5.41, 5.74) is 0. The molecule has 0 saturated heterocycles. The number of hydrogen-bond acceptors (Lipinski definition) is 4. The maximum atomic E-state index is 11.7. The first kappa shape index (κ1) is 9.85. The number of ether oxygens (including phenoxy) is 1. The number of halogens is 2. The second kappa shape index (κ2) is 4.13. The van der Waals surface area contributed by atoms with Crippen molar-refractivity contribution in [3.05, 3.63) is 18.3 Å². The minimum atomic E-state index is -3.08. The van der Waals surface area contributed by atoms with Gasteiger partial charge in [0.1, 0.15) is 4.90 Å². The summed E-state index contributed by atoms with van der Waals surface area (Å²) in [6.07, 6.45) is 1.17. The minimum Gasteiger partial charge on any atom is -0.415 e. The van der Waals surface area contributed by atoms with E-state index in [4.69, 9.17) is 0 Å². The number of nitrogens with zero attached hydrogens (tertiary/aromatic N) is 1. The zero-order valence-corrected chi connectivity index (χ0v) is 7.08. The van der Waals surface area contributed by atoms with Crippen molar-refractivity contribution >= 4 is 10.7 Å². The first-order valence-corrected chi connectivity index (χ1v) is 4.33. The van der Waals surface area contributed by atoms with Crippen molar-refractivity contribution in [1.29, 1.82) is 0 Å². The van der Waals surface area contributed by atoms with Gasteiger partial charge < -0.3 is 4.74 Å². The van der Waals surface area contributed by atoms with Crippen LogP contribution in [0.1, 0.15) is 0 Å². The molecule has 0 N–H and O–H groups in total.